The number of amides is 2. The van der Waals surface area contributed by atoms with Crippen LogP contribution in [0.25, 0.3) is 0 Å². The second kappa shape index (κ2) is 8.58. The molecular formula is C16H20N2O3. The maximum Gasteiger partial charge on any atom is 0.335 e. The van der Waals surface area contributed by atoms with Gasteiger partial charge in [0, 0.05) is 19.6 Å². The zero-order chi connectivity index (χ0) is 15.7. The Labute approximate surface area is 124 Å². The van der Waals surface area contributed by atoms with Gasteiger partial charge in [-0.1, -0.05) is 30.4 Å². The largest absolute Gasteiger partial charge is 0.478 e. The van der Waals surface area contributed by atoms with Gasteiger partial charge in [0.05, 0.1) is 5.56 Å². The van der Waals surface area contributed by atoms with Gasteiger partial charge >= 0.3 is 12.0 Å². The molecule has 1 aromatic carbocycles. The number of carboxylic acids is 1. The lowest BCUT2D eigenvalue weighted by Gasteiger charge is -2.19. The SMILES string of the molecule is C=CCN(CC=C)C(=O)NCCc1ccccc1C(=O)O. The van der Waals surface area contributed by atoms with E-state index in [1.54, 1.807) is 41.3 Å². The van der Waals surface area contributed by atoms with E-state index in [4.69, 9.17) is 5.11 Å². The van der Waals surface area contributed by atoms with E-state index in [2.05, 4.69) is 18.5 Å². The van der Waals surface area contributed by atoms with Crippen LogP contribution in [-0.2, 0) is 6.42 Å². The summed E-state index contributed by atoms with van der Waals surface area (Å²) in [4.78, 5) is 24.6. The van der Waals surface area contributed by atoms with Crippen molar-refractivity contribution in [2.45, 2.75) is 6.42 Å². The topological polar surface area (TPSA) is 69.6 Å². The lowest BCUT2D eigenvalue weighted by Crippen LogP contribution is -2.41. The van der Waals surface area contributed by atoms with Crippen LogP contribution in [0.4, 0.5) is 4.79 Å². The van der Waals surface area contributed by atoms with E-state index >= 15 is 0 Å². The molecule has 0 atom stereocenters. The molecule has 0 bridgehead atoms. The molecule has 2 N–H and O–H groups in total. The van der Waals surface area contributed by atoms with E-state index in [0.29, 0.717) is 31.6 Å². The molecule has 0 aliphatic heterocycles. The molecule has 0 unspecified atom stereocenters. The third-order valence-corrected chi connectivity index (χ3v) is 2.90. The van der Waals surface area contributed by atoms with Crippen LogP contribution in [0.15, 0.2) is 49.6 Å². The Kier molecular flexibility index (Phi) is 6.74. The third kappa shape index (κ3) is 5.14. The molecular weight excluding hydrogens is 268 g/mol. The highest BCUT2D eigenvalue weighted by Gasteiger charge is 2.11. The molecule has 21 heavy (non-hydrogen) atoms. The average Bonchev–Trinajstić information content (AvgIpc) is 2.47. The number of hydrogen-bond donors (Lipinski definition) is 2. The number of nitrogens with zero attached hydrogens (tertiary/aromatic N) is 1. The van der Waals surface area contributed by atoms with Crippen molar-refractivity contribution in [2.75, 3.05) is 19.6 Å². The first kappa shape index (κ1) is 16.5. The fourth-order valence-electron chi connectivity index (χ4n) is 1.91. The number of hydrogen-bond acceptors (Lipinski definition) is 2. The molecule has 0 heterocycles. The highest BCUT2D eigenvalue weighted by Crippen LogP contribution is 2.09. The molecule has 5 heteroatoms. The minimum absolute atomic E-state index is 0.220. The van der Waals surface area contributed by atoms with Gasteiger partial charge in [-0.25, -0.2) is 9.59 Å². The summed E-state index contributed by atoms with van der Waals surface area (Å²) in [5.74, 6) is -0.961. The van der Waals surface area contributed by atoms with Gasteiger partial charge < -0.3 is 15.3 Å². The summed E-state index contributed by atoms with van der Waals surface area (Å²) in [7, 11) is 0. The first-order chi connectivity index (χ1) is 10.1. The quantitative estimate of drug-likeness (QED) is 0.721. The van der Waals surface area contributed by atoms with Crippen molar-refractivity contribution in [1.82, 2.24) is 10.2 Å². The summed E-state index contributed by atoms with van der Waals surface area (Å²) in [5, 5.41) is 11.9. The second-order valence-electron chi connectivity index (χ2n) is 4.43. The number of carbonyl (C=O) groups is 2. The fourth-order valence-corrected chi connectivity index (χ4v) is 1.91. The molecule has 1 aromatic rings. The summed E-state index contributed by atoms with van der Waals surface area (Å²) in [5.41, 5.74) is 0.963. The average molecular weight is 288 g/mol. The molecule has 0 saturated heterocycles. The Morgan fingerprint density at radius 3 is 2.38 bits per heavy atom. The summed E-state index contributed by atoms with van der Waals surface area (Å²) in [6, 6.07) is 6.55. The lowest BCUT2D eigenvalue weighted by atomic mass is 10.0. The van der Waals surface area contributed by atoms with Gasteiger partial charge in [0.15, 0.2) is 0 Å². The van der Waals surface area contributed by atoms with Crippen LogP contribution in [0.2, 0.25) is 0 Å². The van der Waals surface area contributed by atoms with Gasteiger partial charge in [0.1, 0.15) is 0 Å². The lowest BCUT2D eigenvalue weighted by molar-refractivity contribution is 0.0695. The minimum Gasteiger partial charge on any atom is -0.478 e. The van der Waals surface area contributed by atoms with Crippen LogP contribution >= 0.6 is 0 Å². The van der Waals surface area contributed by atoms with Gasteiger partial charge in [-0.15, -0.1) is 13.2 Å². The van der Waals surface area contributed by atoms with Gasteiger partial charge in [-0.2, -0.15) is 0 Å². The highest BCUT2D eigenvalue weighted by atomic mass is 16.4. The smallest absolute Gasteiger partial charge is 0.335 e. The number of nitrogens with one attached hydrogen (secondary N) is 1. The van der Waals surface area contributed by atoms with Gasteiger partial charge in [-0.05, 0) is 18.1 Å². The second-order valence-corrected chi connectivity index (χ2v) is 4.43. The molecule has 0 aromatic heterocycles. The van der Waals surface area contributed by atoms with Crippen molar-refractivity contribution in [1.29, 1.82) is 0 Å². The Morgan fingerprint density at radius 2 is 1.81 bits per heavy atom. The molecule has 0 aliphatic carbocycles. The Morgan fingerprint density at radius 1 is 1.19 bits per heavy atom. The molecule has 0 fully saturated rings. The number of aromatic carboxylic acids is 1. The molecule has 1 rings (SSSR count). The molecule has 0 spiro atoms. The molecule has 0 radical (unpaired) electrons. The number of benzene rings is 1. The predicted molar refractivity (Wildman–Crippen MR) is 82.5 cm³/mol. The van der Waals surface area contributed by atoms with Crippen LogP contribution < -0.4 is 5.32 Å². The predicted octanol–water partition coefficient (Wildman–Crippen LogP) is 2.31. The minimum atomic E-state index is -0.961. The summed E-state index contributed by atoms with van der Waals surface area (Å²) >= 11 is 0. The summed E-state index contributed by atoms with van der Waals surface area (Å²) < 4.78 is 0. The Hall–Kier alpha value is -2.56. The van der Waals surface area contributed by atoms with Crippen LogP contribution in [0.5, 0.6) is 0 Å². The molecule has 5 nitrogen and oxygen atoms in total. The maximum absolute atomic E-state index is 11.9. The van der Waals surface area contributed by atoms with Gasteiger partial charge in [0.25, 0.3) is 0 Å². The van der Waals surface area contributed by atoms with Crippen LogP contribution in [0.1, 0.15) is 15.9 Å². The number of carbonyl (C=O) groups excluding carboxylic acids is 1. The van der Waals surface area contributed by atoms with Crippen molar-refractivity contribution in [2.24, 2.45) is 0 Å². The Bertz CT molecular complexity index is 516. The highest BCUT2D eigenvalue weighted by molar-refractivity contribution is 5.89. The van der Waals surface area contributed by atoms with Crippen LogP contribution in [0.3, 0.4) is 0 Å². The monoisotopic (exact) mass is 288 g/mol. The number of rotatable bonds is 8. The fraction of sp³-hybridized carbons (Fsp3) is 0.250. The summed E-state index contributed by atoms with van der Waals surface area (Å²) in [6.45, 7) is 8.44. The van der Waals surface area contributed by atoms with E-state index in [1.807, 2.05) is 0 Å². The van der Waals surface area contributed by atoms with E-state index in [9.17, 15) is 9.59 Å². The Balaban J connectivity index is 2.56. The van der Waals surface area contributed by atoms with Crippen molar-refractivity contribution in [3.05, 3.63) is 60.7 Å². The van der Waals surface area contributed by atoms with E-state index in [0.717, 1.165) is 0 Å². The third-order valence-electron chi connectivity index (χ3n) is 2.90. The van der Waals surface area contributed by atoms with E-state index < -0.39 is 5.97 Å². The zero-order valence-electron chi connectivity index (χ0n) is 11.9. The number of urea groups is 1. The normalized spacial score (nSPS) is 9.71. The molecule has 2 amide bonds. The standard InChI is InChI=1S/C16H20N2O3/c1-3-11-18(12-4-2)16(21)17-10-9-13-7-5-6-8-14(13)15(19)20/h3-8H,1-2,9-12H2,(H,17,21)(H,19,20). The molecule has 0 saturated carbocycles. The van der Waals surface area contributed by atoms with Gasteiger partial charge in [-0.3, -0.25) is 0 Å². The van der Waals surface area contributed by atoms with Crippen LogP contribution in [0, 0.1) is 0 Å². The first-order valence-corrected chi connectivity index (χ1v) is 6.66. The van der Waals surface area contributed by atoms with Gasteiger partial charge in [0.2, 0.25) is 0 Å². The van der Waals surface area contributed by atoms with E-state index in [1.165, 1.54) is 0 Å². The number of carboxylic acid groups (broad SMARTS) is 1. The van der Waals surface area contributed by atoms with Crippen LogP contribution in [-0.4, -0.2) is 41.6 Å². The van der Waals surface area contributed by atoms with Crippen molar-refractivity contribution in [3.63, 3.8) is 0 Å². The van der Waals surface area contributed by atoms with Crippen molar-refractivity contribution < 1.29 is 14.7 Å². The zero-order valence-corrected chi connectivity index (χ0v) is 11.9. The summed E-state index contributed by atoms with van der Waals surface area (Å²) in [6.07, 6.45) is 3.75. The van der Waals surface area contributed by atoms with Crippen molar-refractivity contribution >= 4 is 12.0 Å². The van der Waals surface area contributed by atoms with Crippen molar-refractivity contribution in [3.8, 4) is 0 Å². The molecule has 0 aliphatic rings. The maximum atomic E-state index is 11.9. The van der Waals surface area contributed by atoms with E-state index in [-0.39, 0.29) is 11.6 Å². The first-order valence-electron chi connectivity index (χ1n) is 6.66. The molecule has 112 valence electrons.